The molecule has 0 saturated carbocycles. The molecular formula is C25H36N4O3. The fraction of sp³-hybridized carbons (Fsp3) is 0.440. The first kappa shape index (κ1) is 25.0. The monoisotopic (exact) mass is 440 g/mol. The standard InChI is InChI=1S/C25H36N4O3/c1-5-26-25(27-16-15-24(30)29(6-2)7-3)28-18-21-13-14-22(23(17-21)31-4)32-19-20-11-9-8-10-12-20/h8-14,17H,5-7,15-16,18-19H2,1-4H3,(H2,26,27,28). The van der Waals surface area contributed by atoms with Crippen LogP contribution in [0.4, 0.5) is 0 Å². The Kier molecular flexibility index (Phi) is 10.9. The third-order valence-electron chi connectivity index (χ3n) is 4.98. The molecule has 0 aliphatic carbocycles. The first-order chi connectivity index (χ1) is 15.6. The number of guanidine groups is 1. The maximum atomic E-state index is 12.2. The van der Waals surface area contributed by atoms with Crippen LogP contribution in [0.5, 0.6) is 11.5 Å². The van der Waals surface area contributed by atoms with E-state index in [-0.39, 0.29) is 5.91 Å². The lowest BCUT2D eigenvalue weighted by molar-refractivity contribution is -0.130. The summed E-state index contributed by atoms with van der Waals surface area (Å²) in [5, 5.41) is 6.46. The van der Waals surface area contributed by atoms with Crippen molar-refractivity contribution in [1.29, 1.82) is 0 Å². The number of hydrogen-bond acceptors (Lipinski definition) is 4. The maximum absolute atomic E-state index is 12.2. The van der Waals surface area contributed by atoms with Crippen molar-refractivity contribution in [2.45, 2.75) is 40.3 Å². The number of methoxy groups -OCH3 is 1. The Bertz CT molecular complexity index is 852. The molecule has 2 rings (SSSR count). The number of carbonyl (C=O) groups is 1. The summed E-state index contributed by atoms with van der Waals surface area (Å²) in [6.07, 6.45) is 0.438. The first-order valence-electron chi connectivity index (χ1n) is 11.2. The summed E-state index contributed by atoms with van der Waals surface area (Å²) in [4.78, 5) is 18.6. The van der Waals surface area contributed by atoms with Crippen LogP contribution in [-0.2, 0) is 17.9 Å². The molecule has 0 fully saturated rings. The van der Waals surface area contributed by atoms with Gasteiger partial charge in [0.1, 0.15) is 6.61 Å². The van der Waals surface area contributed by atoms with Gasteiger partial charge in [-0.25, -0.2) is 4.99 Å². The topological polar surface area (TPSA) is 75.2 Å². The van der Waals surface area contributed by atoms with Gasteiger partial charge in [-0.3, -0.25) is 4.79 Å². The van der Waals surface area contributed by atoms with E-state index in [4.69, 9.17) is 9.47 Å². The zero-order valence-corrected chi connectivity index (χ0v) is 19.7. The Morgan fingerprint density at radius 2 is 1.72 bits per heavy atom. The zero-order chi connectivity index (χ0) is 23.2. The normalized spacial score (nSPS) is 11.1. The van der Waals surface area contributed by atoms with Gasteiger partial charge in [0.15, 0.2) is 17.5 Å². The van der Waals surface area contributed by atoms with Gasteiger partial charge in [-0.1, -0.05) is 36.4 Å². The Hall–Kier alpha value is -3.22. The van der Waals surface area contributed by atoms with Gasteiger partial charge in [-0.15, -0.1) is 0 Å². The molecule has 7 heteroatoms. The van der Waals surface area contributed by atoms with Crippen LogP contribution in [-0.4, -0.2) is 50.1 Å². The van der Waals surface area contributed by atoms with Crippen molar-refractivity contribution >= 4 is 11.9 Å². The van der Waals surface area contributed by atoms with Crippen molar-refractivity contribution in [1.82, 2.24) is 15.5 Å². The molecule has 0 bridgehead atoms. The molecular weight excluding hydrogens is 404 g/mol. The number of nitrogens with zero attached hydrogens (tertiary/aromatic N) is 2. The summed E-state index contributed by atoms with van der Waals surface area (Å²) >= 11 is 0. The largest absolute Gasteiger partial charge is 0.493 e. The van der Waals surface area contributed by atoms with E-state index in [0.717, 1.165) is 30.8 Å². The fourth-order valence-electron chi connectivity index (χ4n) is 3.20. The second kappa shape index (κ2) is 14.0. The molecule has 0 aromatic heterocycles. The minimum atomic E-state index is 0.147. The Balaban J connectivity index is 1.95. The molecule has 0 unspecified atom stereocenters. The number of rotatable bonds is 12. The van der Waals surface area contributed by atoms with E-state index in [9.17, 15) is 4.79 Å². The average Bonchev–Trinajstić information content (AvgIpc) is 2.82. The number of ether oxygens (including phenoxy) is 2. The first-order valence-corrected chi connectivity index (χ1v) is 11.2. The fourth-order valence-corrected chi connectivity index (χ4v) is 3.20. The average molecular weight is 441 g/mol. The second-order valence-electron chi connectivity index (χ2n) is 7.20. The van der Waals surface area contributed by atoms with Gasteiger partial charge in [-0.2, -0.15) is 0 Å². The van der Waals surface area contributed by atoms with Crippen LogP contribution in [0.25, 0.3) is 0 Å². The van der Waals surface area contributed by atoms with Gasteiger partial charge in [0.25, 0.3) is 0 Å². The Labute approximate surface area is 191 Å². The van der Waals surface area contributed by atoms with E-state index in [0.29, 0.717) is 43.6 Å². The number of carbonyl (C=O) groups excluding carboxylic acids is 1. The van der Waals surface area contributed by atoms with Crippen molar-refractivity contribution in [3.63, 3.8) is 0 Å². The molecule has 0 aliphatic rings. The van der Waals surface area contributed by atoms with Gasteiger partial charge in [0.2, 0.25) is 5.91 Å². The van der Waals surface area contributed by atoms with E-state index in [1.54, 1.807) is 7.11 Å². The van der Waals surface area contributed by atoms with Crippen LogP contribution < -0.4 is 20.1 Å². The summed E-state index contributed by atoms with van der Waals surface area (Å²) in [6.45, 7) is 9.71. The molecule has 0 aliphatic heterocycles. The highest BCUT2D eigenvalue weighted by atomic mass is 16.5. The van der Waals surface area contributed by atoms with Crippen LogP contribution in [0.2, 0.25) is 0 Å². The smallest absolute Gasteiger partial charge is 0.224 e. The van der Waals surface area contributed by atoms with Crippen LogP contribution in [0, 0.1) is 0 Å². The number of amides is 1. The predicted octanol–water partition coefficient (Wildman–Crippen LogP) is 3.59. The number of aliphatic imine (C=N–C) groups is 1. The molecule has 0 spiro atoms. The lowest BCUT2D eigenvalue weighted by atomic mass is 10.2. The molecule has 2 N–H and O–H groups in total. The van der Waals surface area contributed by atoms with E-state index in [2.05, 4.69) is 15.6 Å². The van der Waals surface area contributed by atoms with E-state index in [1.165, 1.54) is 0 Å². The second-order valence-corrected chi connectivity index (χ2v) is 7.20. The molecule has 0 atom stereocenters. The molecule has 174 valence electrons. The summed E-state index contributed by atoms with van der Waals surface area (Å²) in [7, 11) is 1.64. The molecule has 2 aromatic rings. The van der Waals surface area contributed by atoms with Crippen molar-refractivity contribution in [2.24, 2.45) is 4.99 Å². The van der Waals surface area contributed by atoms with Gasteiger partial charge in [0.05, 0.1) is 13.7 Å². The van der Waals surface area contributed by atoms with Gasteiger partial charge in [-0.05, 0) is 44.0 Å². The van der Waals surface area contributed by atoms with Gasteiger partial charge < -0.3 is 25.0 Å². The quantitative estimate of drug-likeness (QED) is 0.390. The number of benzene rings is 2. The summed E-state index contributed by atoms with van der Waals surface area (Å²) in [5.41, 5.74) is 2.11. The van der Waals surface area contributed by atoms with Crippen LogP contribution >= 0.6 is 0 Å². The van der Waals surface area contributed by atoms with Crippen LogP contribution in [0.3, 0.4) is 0 Å². The molecule has 1 amide bonds. The van der Waals surface area contributed by atoms with E-state index in [1.807, 2.05) is 74.2 Å². The third kappa shape index (κ3) is 8.13. The molecule has 2 aromatic carbocycles. The van der Waals surface area contributed by atoms with E-state index >= 15 is 0 Å². The van der Waals surface area contributed by atoms with Gasteiger partial charge >= 0.3 is 0 Å². The Morgan fingerprint density at radius 3 is 2.38 bits per heavy atom. The van der Waals surface area contributed by atoms with Crippen molar-refractivity contribution in [3.05, 3.63) is 59.7 Å². The highest BCUT2D eigenvalue weighted by molar-refractivity contribution is 5.81. The highest BCUT2D eigenvalue weighted by Crippen LogP contribution is 2.29. The summed E-state index contributed by atoms with van der Waals surface area (Å²) in [5.74, 6) is 2.21. The number of nitrogens with one attached hydrogen (secondary N) is 2. The van der Waals surface area contributed by atoms with Crippen molar-refractivity contribution in [2.75, 3.05) is 33.3 Å². The minimum Gasteiger partial charge on any atom is -0.493 e. The lowest BCUT2D eigenvalue weighted by Crippen LogP contribution is -2.40. The van der Waals surface area contributed by atoms with Gasteiger partial charge in [0, 0.05) is 32.6 Å². The molecule has 0 radical (unpaired) electrons. The van der Waals surface area contributed by atoms with Crippen molar-refractivity contribution < 1.29 is 14.3 Å². The molecule has 0 saturated heterocycles. The highest BCUT2D eigenvalue weighted by Gasteiger charge is 2.10. The molecule has 32 heavy (non-hydrogen) atoms. The Morgan fingerprint density at radius 1 is 0.969 bits per heavy atom. The summed E-state index contributed by atoms with van der Waals surface area (Å²) < 4.78 is 11.4. The zero-order valence-electron chi connectivity index (χ0n) is 19.7. The maximum Gasteiger partial charge on any atom is 0.224 e. The van der Waals surface area contributed by atoms with Crippen molar-refractivity contribution in [3.8, 4) is 11.5 Å². The third-order valence-corrected chi connectivity index (χ3v) is 4.98. The number of hydrogen-bond donors (Lipinski definition) is 2. The van der Waals surface area contributed by atoms with Crippen LogP contribution in [0.15, 0.2) is 53.5 Å². The van der Waals surface area contributed by atoms with E-state index < -0.39 is 0 Å². The van der Waals surface area contributed by atoms with Crippen LogP contribution in [0.1, 0.15) is 38.3 Å². The lowest BCUT2D eigenvalue weighted by Gasteiger charge is -2.19. The predicted molar refractivity (Wildman–Crippen MR) is 129 cm³/mol. The SMILES string of the molecule is CCNC(=NCc1ccc(OCc2ccccc2)c(OC)c1)NCCC(=O)N(CC)CC. The molecule has 7 nitrogen and oxygen atoms in total. The minimum absolute atomic E-state index is 0.147. The molecule has 0 heterocycles. The summed E-state index contributed by atoms with van der Waals surface area (Å²) in [6, 6.07) is 15.9.